The molecule has 0 radical (unpaired) electrons. The molecule has 3 aromatic rings. The van der Waals surface area contributed by atoms with Gasteiger partial charge in [-0.25, -0.2) is 14.8 Å². The summed E-state index contributed by atoms with van der Waals surface area (Å²) in [7, 11) is 0. The standard InChI is InChI=1S/C34H34F9N5O4.Na/c1-3-24-15-28(26-14-21(32(35,36)37)5-6-27(26)48(24)31(51)52-4-2)47(18-19-11-22(33(38,39)40)13-23(12-19)34(41,42)43)30-44-16-25(17-45-30)46-9-7-20(8-10-46)29(49)50;/h5-6,11-14,16-17,20,24,28H,3-4,7-10,15,18H2,1-2H3,(H,49,50);/q;+1/t24-,28+;/m1./s1. The molecule has 3 heterocycles. The molecular weight excluding hydrogens is 736 g/mol. The predicted molar refractivity (Wildman–Crippen MR) is 170 cm³/mol. The Kier molecular flexibility index (Phi) is 12.9. The third-order valence-corrected chi connectivity index (χ3v) is 9.24. The van der Waals surface area contributed by atoms with Crippen LogP contribution >= 0.6 is 0 Å². The number of amides is 1. The van der Waals surface area contributed by atoms with Gasteiger partial charge in [-0.3, -0.25) is 9.69 Å². The van der Waals surface area contributed by atoms with Gasteiger partial charge in [-0.05, 0) is 80.1 Å². The van der Waals surface area contributed by atoms with Crippen LogP contribution in [-0.4, -0.2) is 52.9 Å². The summed E-state index contributed by atoms with van der Waals surface area (Å²) in [6.07, 6.45) is -12.6. The van der Waals surface area contributed by atoms with E-state index >= 15 is 0 Å². The fraction of sp³-hybridized carbons (Fsp3) is 0.471. The molecule has 0 unspecified atom stereocenters. The Labute approximate surface area is 320 Å². The average molecular weight is 771 g/mol. The Morgan fingerprint density at radius 1 is 0.868 bits per heavy atom. The number of hydrogen-bond acceptors (Lipinski definition) is 7. The van der Waals surface area contributed by atoms with E-state index in [0.29, 0.717) is 43.8 Å². The number of ether oxygens (including phenoxy) is 1. The maximum absolute atomic E-state index is 14.1. The van der Waals surface area contributed by atoms with Gasteiger partial charge < -0.3 is 19.6 Å². The molecule has 2 aromatic carbocycles. The zero-order chi connectivity index (χ0) is 38.2. The number of rotatable bonds is 8. The van der Waals surface area contributed by atoms with Crippen molar-refractivity contribution >= 4 is 29.4 Å². The molecule has 1 amide bonds. The first kappa shape index (κ1) is 42.0. The molecule has 9 nitrogen and oxygen atoms in total. The van der Waals surface area contributed by atoms with E-state index in [0.717, 1.165) is 18.2 Å². The van der Waals surface area contributed by atoms with Crippen LogP contribution in [0.2, 0.25) is 0 Å². The van der Waals surface area contributed by atoms with Crippen LogP contribution in [0.15, 0.2) is 48.8 Å². The quantitative estimate of drug-likeness (QED) is 0.229. The number of anilines is 3. The smallest absolute Gasteiger partial charge is 0.481 e. The fourth-order valence-electron chi connectivity index (χ4n) is 6.63. The molecule has 1 fully saturated rings. The van der Waals surface area contributed by atoms with Crippen molar-refractivity contribution in [2.75, 3.05) is 34.4 Å². The van der Waals surface area contributed by atoms with Crippen LogP contribution in [0.25, 0.3) is 0 Å². The molecule has 2 atom stereocenters. The molecule has 2 aliphatic rings. The zero-order valence-electron chi connectivity index (χ0n) is 28.8. The molecule has 5 rings (SSSR count). The second-order valence-electron chi connectivity index (χ2n) is 12.5. The number of carboxylic acid groups (broad SMARTS) is 1. The largest absolute Gasteiger partial charge is 1.00 e. The third kappa shape index (κ3) is 9.49. The van der Waals surface area contributed by atoms with Crippen molar-refractivity contribution < 1.29 is 88.5 Å². The molecule has 0 saturated carbocycles. The number of aromatic nitrogens is 2. The number of fused-ring (bicyclic) bond motifs is 1. The van der Waals surface area contributed by atoms with Crippen LogP contribution < -0.4 is 44.3 Å². The number of nitrogens with zero attached hydrogens (tertiary/aromatic N) is 5. The van der Waals surface area contributed by atoms with E-state index in [1.54, 1.807) is 13.8 Å². The summed E-state index contributed by atoms with van der Waals surface area (Å²) in [6, 6.07) is 1.77. The monoisotopic (exact) mass is 770 g/mol. The first-order chi connectivity index (χ1) is 24.3. The number of carboxylic acids is 1. The summed E-state index contributed by atoms with van der Waals surface area (Å²) in [5.74, 6) is -1.70. The minimum atomic E-state index is -5.17. The maximum Gasteiger partial charge on any atom is 1.00 e. The van der Waals surface area contributed by atoms with Gasteiger partial charge in [-0.1, -0.05) is 6.92 Å². The number of hydrogen-bond donors (Lipinski definition) is 1. The number of alkyl halides is 9. The molecule has 53 heavy (non-hydrogen) atoms. The van der Waals surface area contributed by atoms with Crippen molar-refractivity contribution in [3.63, 3.8) is 0 Å². The molecule has 282 valence electrons. The van der Waals surface area contributed by atoms with Gasteiger partial charge in [0.1, 0.15) is 0 Å². The number of carbonyl (C=O) groups excluding carboxylic acids is 1. The summed E-state index contributed by atoms with van der Waals surface area (Å²) in [6.45, 7) is 3.17. The van der Waals surface area contributed by atoms with Crippen LogP contribution in [0.5, 0.6) is 0 Å². The van der Waals surface area contributed by atoms with E-state index in [1.165, 1.54) is 22.2 Å². The minimum Gasteiger partial charge on any atom is -0.481 e. The summed E-state index contributed by atoms with van der Waals surface area (Å²) in [4.78, 5) is 37.6. The predicted octanol–water partition coefficient (Wildman–Crippen LogP) is 5.73. The van der Waals surface area contributed by atoms with Crippen molar-refractivity contribution in [2.24, 2.45) is 5.92 Å². The Hall–Kier alpha value is -3.77. The first-order valence-electron chi connectivity index (χ1n) is 16.3. The van der Waals surface area contributed by atoms with E-state index in [-0.39, 0.29) is 72.3 Å². The van der Waals surface area contributed by atoms with Crippen molar-refractivity contribution in [2.45, 2.75) is 76.7 Å². The van der Waals surface area contributed by atoms with Gasteiger partial charge in [0.05, 0.1) is 59.0 Å². The van der Waals surface area contributed by atoms with Crippen LogP contribution in [0, 0.1) is 5.92 Å². The van der Waals surface area contributed by atoms with E-state index in [4.69, 9.17) is 4.74 Å². The van der Waals surface area contributed by atoms with Crippen LogP contribution in [0.3, 0.4) is 0 Å². The number of aliphatic carboxylic acids is 1. The Morgan fingerprint density at radius 2 is 1.43 bits per heavy atom. The van der Waals surface area contributed by atoms with E-state index in [2.05, 4.69) is 9.97 Å². The maximum atomic E-state index is 14.1. The summed E-state index contributed by atoms with van der Waals surface area (Å²) in [5, 5.41) is 9.34. The summed E-state index contributed by atoms with van der Waals surface area (Å²) in [5.41, 5.74) is -4.37. The van der Waals surface area contributed by atoms with Gasteiger partial charge in [0.25, 0.3) is 0 Å². The summed E-state index contributed by atoms with van der Waals surface area (Å²) >= 11 is 0. The number of halogens is 9. The van der Waals surface area contributed by atoms with Crippen molar-refractivity contribution in [3.8, 4) is 0 Å². The fourth-order valence-corrected chi connectivity index (χ4v) is 6.63. The van der Waals surface area contributed by atoms with Crippen LogP contribution in [0.4, 0.5) is 61.6 Å². The molecule has 1 saturated heterocycles. The molecule has 0 spiro atoms. The zero-order valence-corrected chi connectivity index (χ0v) is 30.8. The van der Waals surface area contributed by atoms with Gasteiger partial charge in [0.15, 0.2) is 0 Å². The molecular formula is C34H34F9N5NaO4+. The molecule has 0 bridgehead atoms. The topological polar surface area (TPSA) is 99.1 Å². The third-order valence-electron chi connectivity index (χ3n) is 9.24. The molecule has 0 aliphatic carbocycles. The molecule has 2 aliphatic heterocycles. The minimum absolute atomic E-state index is 0. The van der Waals surface area contributed by atoms with E-state index in [1.807, 2.05) is 4.90 Å². The second-order valence-corrected chi connectivity index (χ2v) is 12.5. The Bertz CT molecular complexity index is 1730. The SMILES string of the molecule is CCOC(=O)N1c2ccc(C(F)(F)F)cc2[C@@H](N(Cc2cc(C(F)(F)F)cc(C(F)(F)F)c2)c2ncc(N3CCC(C(=O)O)CC3)cn2)C[C@H]1CC.[Na+]. The van der Waals surface area contributed by atoms with E-state index < -0.39 is 77.4 Å². The van der Waals surface area contributed by atoms with Crippen molar-refractivity contribution in [1.82, 2.24) is 9.97 Å². The normalized spacial score (nSPS) is 18.2. The van der Waals surface area contributed by atoms with Crippen molar-refractivity contribution in [3.05, 3.63) is 76.6 Å². The van der Waals surface area contributed by atoms with Gasteiger partial charge in [-0.2, -0.15) is 39.5 Å². The Morgan fingerprint density at radius 3 is 1.92 bits per heavy atom. The number of benzene rings is 2. The molecule has 1 aromatic heterocycles. The summed E-state index contributed by atoms with van der Waals surface area (Å²) < 4.78 is 131. The number of carbonyl (C=O) groups is 2. The molecule has 1 N–H and O–H groups in total. The van der Waals surface area contributed by atoms with Gasteiger partial charge in [0.2, 0.25) is 5.95 Å². The van der Waals surface area contributed by atoms with Gasteiger partial charge >= 0.3 is 60.1 Å². The Balaban J connectivity index is 0.00000627. The second kappa shape index (κ2) is 16.3. The average Bonchev–Trinajstić information content (AvgIpc) is 3.08. The van der Waals surface area contributed by atoms with Gasteiger partial charge in [0, 0.05) is 25.7 Å². The first-order valence-corrected chi connectivity index (χ1v) is 16.3. The van der Waals surface area contributed by atoms with Crippen molar-refractivity contribution in [1.29, 1.82) is 0 Å². The van der Waals surface area contributed by atoms with Crippen LogP contribution in [0.1, 0.15) is 73.4 Å². The van der Waals surface area contributed by atoms with E-state index in [9.17, 15) is 54.2 Å². The van der Waals surface area contributed by atoms with Gasteiger partial charge in [-0.15, -0.1) is 0 Å². The number of piperidine rings is 1. The van der Waals surface area contributed by atoms with Crippen LogP contribution in [-0.2, 0) is 34.6 Å². The molecule has 19 heteroatoms.